The third kappa shape index (κ3) is 1.40. The van der Waals surface area contributed by atoms with Crippen LogP contribution in [0, 0.1) is 0 Å². The Morgan fingerprint density at radius 3 is 0.611 bits per heavy atom. The van der Waals surface area contributed by atoms with Gasteiger partial charge in [0.1, 0.15) is 0 Å². The molecule has 0 radical (unpaired) electrons. The van der Waals surface area contributed by atoms with Gasteiger partial charge in [-0.05, 0) is 320 Å². The van der Waals surface area contributed by atoms with Gasteiger partial charge in [0.2, 0.25) is 0 Å². The van der Waals surface area contributed by atoms with Crippen molar-refractivity contribution in [2.24, 2.45) is 0 Å². The lowest BCUT2D eigenvalue weighted by molar-refractivity contribution is 0.0971. The van der Waals surface area contributed by atoms with E-state index in [0.717, 1.165) is 0 Å². The fourth-order valence-electron chi connectivity index (χ4n) is 26.3. The number of rotatable bonds is 1. The van der Waals surface area contributed by atoms with Crippen molar-refractivity contribution in [2.75, 3.05) is 6.61 Å². The second-order valence-corrected chi connectivity index (χ2v) is 26.1. The Labute approximate surface area is 392 Å². The Morgan fingerprint density at radius 1 is 0.306 bits per heavy atom. The predicted octanol–water partition coefficient (Wildman–Crippen LogP) is 17.6. The Bertz CT molecular complexity index is 6820. The minimum absolute atomic E-state index is 0.153. The first-order valence-corrected chi connectivity index (χ1v) is 26.9. The van der Waals surface area contributed by atoms with Gasteiger partial charge in [0.15, 0.2) is 0 Å². The van der Waals surface area contributed by atoms with E-state index in [1.165, 1.54) is 0 Å². The lowest BCUT2D eigenvalue weighted by Gasteiger charge is -2.52. The van der Waals surface area contributed by atoms with Crippen molar-refractivity contribution in [1.29, 1.82) is 0 Å². The van der Waals surface area contributed by atoms with Gasteiger partial charge < -0.3 is 4.74 Å². The molecule has 6 aliphatic rings. The average Bonchev–Trinajstić information content (AvgIpc) is 4.29. The topological polar surface area (TPSA) is 29.5 Å². The molecular weight excluding hydrogens is 875 g/mol. The maximum Gasteiger partial charge on any atom is 0.410 e. The maximum atomic E-state index is 15.7. The molecule has 72 heavy (non-hydrogen) atoms. The summed E-state index contributed by atoms with van der Waals surface area (Å²) >= 11 is 0. The highest BCUT2D eigenvalue weighted by molar-refractivity contribution is 6.82. The van der Waals surface area contributed by atoms with E-state index in [1.807, 2.05) is 6.92 Å². The van der Waals surface area contributed by atoms with Crippen LogP contribution < -0.4 is 0 Å². The highest BCUT2D eigenvalue weighted by atomic mass is 16.6. The molecule has 304 valence electrons. The second-order valence-electron chi connectivity index (χ2n) is 26.1. The number of carbonyl (C=O) groups excluding carboxylic acids is 1. The summed E-state index contributed by atoms with van der Waals surface area (Å²) in [6.07, 6.45) is 9.52. The fourth-order valence-corrected chi connectivity index (χ4v) is 26.3. The van der Waals surface area contributed by atoms with E-state index in [4.69, 9.17) is 4.74 Å². The molecule has 28 aromatic rings. The number of hydrogen-bond acceptors (Lipinski definition) is 2. The van der Waals surface area contributed by atoms with Gasteiger partial charge in [-0.15, -0.1) is 0 Å². The molecule has 34 rings (SSSR count). The first-order valence-electron chi connectivity index (χ1n) is 26.9. The van der Waals surface area contributed by atoms with E-state index in [-0.39, 0.29) is 18.2 Å². The van der Waals surface area contributed by atoms with Crippen molar-refractivity contribution in [3.63, 3.8) is 0 Å². The zero-order chi connectivity index (χ0) is 43.0. The van der Waals surface area contributed by atoms with Crippen LogP contribution in [0.3, 0.4) is 0 Å². The summed E-state index contributed by atoms with van der Waals surface area (Å²) in [4.78, 5) is 18.0. The van der Waals surface area contributed by atoms with Crippen molar-refractivity contribution >= 4 is 297 Å². The van der Waals surface area contributed by atoms with Crippen molar-refractivity contribution in [3.8, 4) is 0 Å². The molecule has 0 N–H and O–H groups in total. The second kappa shape index (κ2) is 6.12. The summed E-state index contributed by atoms with van der Waals surface area (Å²) in [6.45, 7) is 2.37. The van der Waals surface area contributed by atoms with Crippen LogP contribution in [0.1, 0.15) is 29.2 Å². The van der Waals surface area contributed by atoms with Crippen LogP contribution in [0.25, 0.3) is 291 Å². The normalized spacial score (nSPS) is 24.8. The molecule has 2 heterocycles. The number of ether oxygens (including phenoxy) is 1. The summed E-state index contributed by atoms with van der Waals surface area (Å²) in [6, 6.07) is -0.486. The molecule has 28 aromatic carbocycles. The standard InChI is InChI=1S/C69H11NO2/c1-2-72-67(71)70-7-5-3-4-6-8(70)69-65-57-49-39-29-21-13-10-9-11-15-17(13)25-31-23(15)33-27-19(11)20-12(9)16-18-14(10)22(21)30-36-26(18)32-24(16)34-28(20)38-37(27)47-41(33)51-45(31)53(43(49)35(25)29)61(65)59(51)63-55(47)56-48(38)42(34)52-46(32)54-44(36)50(40(30)39)58(57)66(69)62(54)60(52)64(56)68(7,63)69/h3-8H,2H2,1H3/t7-,8+,68?,69?. The van der Waals surface area contributed by atoms with Crippen molar-refractivity contribution in [3.05, 3.63) is 46.6 Å². The Hall–Kier alpha value is -8.79. The van der Waals surface area contributed by atoms with Gasteiger partial charge in [-0.25, -0.2) is 4.79 Å². The molecule has 1 amide bonds. The summed E-state index contributed by atoms with van der Waals surface area (Å²) in [5.41, 5.74) is 5.24. The maximum absolute atomic E-state index is 15.7. The number of carbonyl (C=O) groups is 1. The molecule has 0 unspecified atom stereocenters. The molecule has 2 bridgehead atoms. The zero-order valence-electron chi connectivity index (χ0n) is 36.9. The van der Waals surface area contributed by atoms with Gasteiger partial charge >= 0.3 is 6.09 Å². The number of fused-ring (bicyclic) bond motifs is 2. The lowest BCUT2D eigenvalue weighted by Crippen LogP contribution is -2.56. The Morgan fingerprint density at radius 2 is 0.458 bits per heavy atom. The molecule has 4 aliphatic carbocycles. The SMILES string of the molecule is CCOC(=O)N1[C@H]2C=CC=C[C@@H]1C13c4c5c6c7c8c9c(c%10c%11c1c1c4c4c%12c5c5c6c6c8c8c%13c9c9c%10c%10c%11c%11c1c1c4c4c%12c%12c5c5c6c8c6c8c%13c9c9c%10c%10c%11c1c1c4c4c%12c5c6c5c8c9c%10c1c45)C723. The van der Waals surface area contributed by atoms with Crippen molar-refractivity contribution in [1.82, 2.24) is 4.90 Å². The number of hydrogen-bond donors (Lipinski definition) is 0. The summed E-state index contributed by atoms with van der Waals surface area (Å²) in [5.74, 6) is 0. The van der Waals surface area contributed by atoms with E-state index in [9.17, 15) is 0 Å². The van der Waals surface area contributed by atoms with E-state index in [2.05, 4.69) is 29.2 Å². The minimum atomic E-state index is -0.572. The third-order valence-corrected chi connectivity index (χ3v) is 26.1. The number of amides is 1. The van der Waals surface area contributed by atoms with Crippen LogP contribution in [-0.4, -0.2) is 29.7 Å². The van der Waals surface area contributed by atoms with Gasteiger partial charge in [0.05, 0.1) is 29.5 Å². The molecule has 2 atom stereocenters. The van der Waals surface area contributed by atoms with Gasteiger partial charge in [0.25, 0.3) is 0 Å². The predicted molar refractivity (Wildman–Crippen MR) is 299 cm³/mol. The quantitative estimate of drug-likeness (QED) is 0.154. The van der Waals surface area contributed by atoms with Crippen molar-refractivity contribution < 1.29 is 9.53 Å². The van der Waals surface area contributed by atoms with E-state index in [0.29, 0.717) is 6.61 Å². The van der Waals surface area contributed by atoms with Crippen LogP contribution in [0.4, 0.5) is 4.79 Å². The number of nitrogens with zero attached hydrogens (tertiary/aromatic N) is 1. The molecule has 2 aliphatic heterocycles. The molecule has 1 fully saturated rings. The molecule has 2 spiro atoms. The smallest absolute Gasteiger partial charge is 0.410 e. The molecular formula is C69H11NO2. The largest absolute Gasteiger partial charge is 0.450 e. The van der Waals surface area contributed by atoms with Gasteiger partial charge in [-0.3, -0.25) is 4.90 Å². The van der Waals surface area contributed by atoms with E-state index in [1.54, 1.807) is 313 Å². The van der Waals surface area contributed by atoms with Gasteiger partial charge in [-0.2, -0.15) is 0 Å². The van der Waals surface area contributed by atoms with Crippen molar-refractivity contribution in [2.45, 2.75) is 29.8 Å². The van der Waals surface area contributed by atoms with E-state index >= 15 is 4.79 Å². The number of benzene rings is 18. The molecule has 0 aromatic heterocycles. The highest BCUT2D eigenvalue weighted by Crippen LogP contribution is 2.87. The molecule has 3 nitrogen and oxygen atoms in total. The first-order chi connectivity index (χ1) is 35.8. The minimum Gasteiger partial charge on any atom is -0.450 e. The van der Waals surface area contributed by atoms with Crippen LogP contribution >= 0.6 is 0 Å². The van der Waals surface area contributed by atoms with Crippen LogP contribution in [0.2, 0.25) is 0 Å². The average molecular weight is 886 g/mol. The number of allylic oxidation sites excluding steroid dienone is 2. The monoisotopic (exact) mass is 885 g/mol. The van der Waals surface area contributed by atoms with Crippen LogP contribution in [0.15, 0.2) is 24.3 Å². The fraction of sp³-hybridized carbons (Fsp3) is 0.0870. The third-order valence-electron chi connectivity index (χ3n) is 26.1. The molecule has 0 saturated carbocycles. The molecule has 1 saturated heterocycles. The molecule has 3 heteroatoms. The van der Waals surface area contributed by atoms with Gasteiger partial charge in [-0.1, -0.05) is 24.3 Å². The Kier molecular flexibility index (Phi) is 2.29. The van der Waals surface area contributed by atoms with E-state index < -0.39 is 10.8 Å². The summed E-state index contributed by atoms with van der Waals surface area (Å²) in [7, 11) is 0. The van der Waals surface area contributed by atoms with Crippen LogP contribution in [0.5, 0.6) is 0 Å². The summed E-state index contributed by atoms with van der Waals surface area (Å²) in [5, 5.41) is 86.4. The van der Waals surface area contributed by atoms with Gasteiger partial charge in [0, 0.05) is 0 Å². The lowest BCUT2D eigenvalue weighted by atomic mass is 9.46. The summed E-state index contributed by atoms with van der Waals surface area (Å²) < 4.78 is 6.44. The Balaban J connectivity index is 1.17. The highest BCUT2D eigenvalue weighted by Gasteiger charge is 2.79. The first kappa shape index (κ1) is 27.0. The van der Waals surface area contributed by atoms with Crippen LogP contribution in [-0.2, 0) is 15.6 Å². The zero-order valence-corrected chi connectivity index (χ0v) is 36.9.